The third kappa shape index (κ3) is 3.09. The Morgan fingerprint density at radius 1 is 1.17 bits per heavy atom. The molecular formula is C22H17BrFNO4. The number of carbonyl (C=O) groups is 1. The monoisotopic (exact) mass is 457 g/mol. The molecule has 3 aromatic rings. The van der Waals surface area contributed by atoms with E-state index in [1.165, 1.54) is 12.1 Å². The number of halogens is 2. The summed E-state index contributed by atoms with van der Waals surface area (Å²) in [5, 5.41) is 0.135. The molecule has 3 heterocycles. The molecule has 29 heavy (non-hydrogen) atoms. The number of ether oxygens (including phenoxy) is 1. The van der Waals surface area contributed by atoms with E-state index in [0.29, 0.717) is 13.2 Å². The highest BCUT2D eigenvalue weighted by atomic mass is 79.9. The second kappa shape index (κ2) is 7.07. The summed E-state index contributed by atoms with van der Waals surface area (Å²) in [7, 11) is 0. The zero-order valence-corrected chi connectivity index (χ0v) is 16.9. The van der Waals surface area contributed by atoms with E-state index < -0.39 is 11.9 Å². The number of amides is 1. The first-order chi connectivity index (χ1) is 14.0. The summed E-state index contributed by atoms with van der Waals surface area (Å²) in [6.07, 6.45) is 1.73. The Labute approximate surface area is 174 Å². The molecule has 0 aliphatic carbocycles. The number of rotatable bonds is 3. The summed E-state index contributed by atoms with van der Waals surface area (Å²) >= 11 is 3.46. The molecule has 1 fully saturated rings. The topological polar surface area (TPSA) is 59.8 Å². The van der Waals surface area contributed by atoms with E-state index in [9.17, 15) is 14.0 Å². The number of benzene rings is 2. The minimum atomic E-state index is -0.608. The van der Waals surface area contributed by atoms with Crippen LogP contribution in [0.3, 0.4) is 0 Å². The fourth-order valence-corrected chi connectivity index (χ4v) is 4.63. The van der Waals surface area contributed by atoms with Crippen LogP contribution in [0.25, 0.3) is 11.0 Å². The lowest BCUT2D eigenvalue weighted by Crippen LogP contribution is -2.36. The Balaban J connectivity index is 1.72. The summed E-state index contributed by atoms with van der Waals surface area (Å²) in [6.45, 7) is 1.03. The standard InChI is InChI=1S/C22H17BrFNO4/c23-13-4-1-3-12(9-13)19-18-20(26)16-10-14(24)6-7-17(16)29-21(18)22(27)25(19)11-15-5-2-8-28-15/h1,3-4,6-7,9-10,15,19H,2,5,8,11H2/t15-,19-/m0/s1. The number of hydrogen-bond acceptors (Lipinski definition) is 4. The normalized spacial score (nSPS) is 21.2. The van der Waals surface area contributed by atoms with Gasteiger partial charge in [-0.2, -0.15) is 0 Å². The number of carbonyl (C=O) groups excluding carboxylic acids is 1. The first kappa shape index (κ1) is 18.5. The maximum atomic E-state index is 13.8. The van der Waals surface area contributed by atoms with Gasteiger partial charge in [-0.25, -0.2) is 4.39 Å². The highest BCUT2D eigenvalue weighted by Crippen LogP contribution is 2.39. The van der Waals surface area contributed by atoms with E-state index in [1.54, 1.807) is 4.90 Å². The van der Waals surface area contributed by atoms with Crippen LogP contribution in [0.1, 0.15) is 40.6 Å². The molecule has 0 unspecified atom stereocenters. The molecule has 5 nitrogen and oxygen atoms in total. The summed E-state index contributed by atoms with van der Waals surface area (Å²) < 4.78 is 26.2. The lowest BCUT2D eigenvalue weighted by atomic mass is 9.98. The Kier molecular flexibility index (Phi) is 4.52. The van der Waals surface area contributed by atoms with Crippen LogP contribution in [0.4, 0.5) is 4.39 Å². The molecule has 148 valence electrons. The average Bonchev–Trinajstić information content (AvgIpc) is 3.31. The fourth-order valence-electron chi connectivity index (χ4n) is 4.21. The van der Waals surface area contributed by atoms with Gasteiger partial charge in [0.1, 0.15) is 11.4 Å². The molecule has 0 spiro atoms. The maximum Gasteiger partial charge on any atom is 0.291 e. The average molecular weight is 458 g/mol. The molecule has 2 aromatic carbocycles. The Bertz CT molecular complexity index is 1190. The van der Waals surface area contributed by atoms with Crippen LogP contribution in [0.15, 0.2) is 56.1 Å². The van der Waals surface area contributed by atoms with Crippen molar-refractivity contribution in [3.63, 3.8) is 0 Å². The molecule has 2 aliphatic heterocycles. The van der Waals surface area contributed by atoms with Crippen LogP contribution in [-0.2, 0) is 4.74 Å². The van der Waals surface area contributed by atoms with Gasteiger partial charge in [-0.1, -0.05) is 28.1 Å². The van der Waals surface area contributed by atoms with Gasteiger partial charge in [-0.15, -0.1) is 0 Å². The SMILES string of the molecule is O=C1c2oc3ccc(F)cc3c(=O)c2[C@H](c2cccc(Br)c2)N1C[C@@H]1CCCO1. The van der Waals surface area contributed by atoms with Crippen LogP contribution < -0.4 is 5.43 Å². The van der Waals surface area contributed by atoms with Crippen molar-refractivity contribution in [2.45, 2.75) is 25.0 Å². The van der Waals surface area contributed by atoms with Crippen molar-refractivity contribution in [2.75, 3.05) is 13.2 Å². The Morgan fingerprint density at radius 2 is 2.03 bits per heavy atom. The zero-order chi connectivity index (χ0) is 20.1. The van der Waals surface area contributed by atoms with Gasteiger partial charge in [-0.3, -0.25) is 9.59 Å². The highest BCUT2D eigenvalue weighted by molar-refractivity contribution is 9.10. The molecule has 2 atom stereocenters. The van der Waals surface area contributed by atoms with Gasteiger partial charge < -0.3 is 14.1 Å². The molecule has 0 saturated carbocycles. The van der Waals surface area contributed by atoms with Gasteiger partial charge in [0.05, 0.1) is 23.1 Å². The van der Waals surface area contributed by atoms with Gasteiger partial charge >= 0.3 is 0 Å². The van der Waals surface area contributed by atoms with Crippen molar-refractivity contribution in [3.8, 4) is 0 Å². The molecule has 1 saturated heterocycles. The van der Waals surface area contributed by atoms with Crippen LogP contribution in [-0.4, -0.2) is 30.1 Å². The lowest BCUT2D eigenvalue weighted by Gasteiger charge is -2.27. The number of fused-ring (bicyclic) bond motifs is 2. The van der Waals surface area contributed by atoms with E-state index in [1.807, 2.05) is 24.3 Å². The van der Waals surface area contributed by atoms with E-state index in [-0.39, 0.29) is 39.7 Å². The van der Waals surface area contributed by atoms with Gasteiger partial charge in [0.15, 0.2) is 5.43 Å². The van der Waals surface area contributed by atoms with Crippen molar-refractivity contribution in [1.29, 1.82) is 0 Å². The Morgan fingerprint density at radius 3 is 2.79 bits per heavy atom. The Hall–Kier alpha value is -2.51. The minimum Gasteiger partial charge on any atom is -0.450 e. The summed E-state index contributed by atoms with van der Waals surface area (Å²) in [5.74, 6) is -0.842. The first-order valence-corrected chi connectivity index (χ1v) is 10.3. The summed E-state index contributed by atoms with van der Waals surface area (Å²) in [4.78, 5) is 28.2. The summed E-state index contributed by atoms with van der Waals surface area (Å²) in [6, 6.07) is 10.6. The molecule has 0 N–H and O–H groups in total. The smallest absolute Gasteiger partial charge is 0.291 e. The second-order valence-corrected chi connectivity index (χ2v) is 8.28. The molecule has 1 aromatic heterocycles. The van der Waals surface area contributed by atoms with Crippen LogP contribution in [0.5, 0.6) is 0 Å². The van der Waals surface area contributed by atoms with Gasteiger partial charge in [-0.05, 0) is 48.7 Å². The van der Waals surface area contributed by atoms with E-state index in [4.69, 9.17) is 9.15 Å². The summed E-state index contributed by atoms with van der Waals surface area (Å²) in [5.41, 5.74) is 0.862. The molecule has 0 bridgehead atoms. The van der Waals surface area contributed by atoms with Crippen LogP contribution in [0, 0.1) is 5.82 Å². The second-order valence-electron chi connectivity index (χ2n) is 7.36. The third-order valence-electron chi connectivity index (χ3n) is 5.52. The van der Waals surface area contributed by atoms with Crippen molar-refractivity contribution in [1.82, 2.24) is 4.90 Å². The van der Waals surface area contributed by atoms with Gasteiger partial charge in [0.2, 0.25) is 5.76 Å². The van der Waals surface area contributed by atoms with Crippen molar-refractivity contribution >= 4 is 32.8 Å². The van der Waals surface area contributed by atoms with E-state index in [2.05, 4.69) is 15.9 Å². The van der Waals surface area contributed by atoms with E-state index >= 15 is 0 Å². The number of hydrogen-bond donors (Lipinski definition) is 0. The third-order valence-corrected chi connectivity index (χ3v) is 6.01. The molecule has 0 radical (unpaired) electrons. The van der Waals surface area contributed by atoms with Crippen LogP contribution >= 0.6 is 15.9 Å². The van der Waals surface area contributed by atoms with Crippen molar-refractivity contribution in [2.24, 2.45) is 0 Å². The minimum absolute atomic E-state index is 0.0251. The maximum absolute atomic E-state index is 13.8. The highest BCUT2D eigenvalue weighted by Gasteiger charge is 2.43. The largest absolute Gasteiger partial charge is 0.450 e. The first-order valence-electron chi connectivity index (χ1n) is 9.47. The molecular weight excluding hydrogens is 441 g/mol. The van der Waals surface area contributed by atoms with Gasteiger partial charge in [0, 0.05) is 17.6 Å². The van der Waals surface area contributed by atoms with E-state index in [0.717, 1.165) is 28.9 Å². The van der Waals surface area contributed by atoms with Crippen molar-refractivity contribution in [3.05, 3.63) is 79.9 Å². The molecule has 7 heteroatoms. The molecule has 2 aliphatic rings. The quantitative estimate of drug-likeness (QED) is 0.583. The lowest BCUT2D eigenvalue weighted by molar-refractivity contribution is 0.0486. The van der Waals surface area contributed by atoms with Crippen LogP contribution in [0.2, 0.25) is 0 Å². The molecule has 1 amide bonds. The molecule has 5 rings (SSSR count). The predicted octanol–water partition coefficient (Wildman–Crippen LogP) is 4.42. The fraction of sp³-hybridized carbons (Fsp3) is 0.273. The van der Waals surface area contributed by atoms with Gasteiger partial charge in [0.25, 0.3) is 5.91 Å². The zero-order valence-electron chi connectivity index (χ0n) is 15.4. The number of nitrogens with zero attached hydrogens (tertiary/aromatic N) is 1. The predicted molar refractivity (Wildman–Crippen MR) is 108 cm³/mol. The van der Waals surface area contributed by atoms with Crippen molar-refractivity contribution < 1.29 is 18.3 Å².